The summed E-state index contributed by atoms with van der Waals surface area (Å²) in [7, 11) is -3.20. The molecule has 1 aliphatic heterocycles. The quantitative estimate of drug-likeness (QED) is 0.857. The van der Waals surface area contributed by atoms with Crippen LogP contribution in [0.3, 0.4) is 0 Å². The van der Waals surface area contributed by atoms with E-state index in [4.69, 9.17) is 0 Å². The van der Waals surface area contributed by atoms with Crippen molar-refractivity contribution in [3.05, 3.63) is 42.7 Å². The summed E-state index contributed by atoms with van der Waals surface area (Å²) < 4.78 is 25.6. The zero-order valence-electron chi connectivity index (χ0n) is 13.5. The number of sulfonamides is 1. The summed E-state index contributed by atoms with van der Waals surface area (Å²) in [6.07, 6.45) is 4.47. The number of para-hydroxylation sites is 1. The minimum atomic E-state index is -3.20. The normalized spacial score (nSPS) is 18.4. The van der Waals surface area contributed by atoms with Gasteiger partial charge in [0.2, 0.25) is 10.0 Å². The van der Waals surface area contributed by atoms with E-state index < -0.39 is 10.0 Å². The van der Waals surface area contributed by atoms with Crippen molar-refractivity contribution in [3.8, 4) is 0 Å². The maximum Gasteiger partial charge on any atom is 0.209 e. The Labute approximate surface area is 142 Å². The standard InChI is InChI=1S/C16H21N5O2S/c1-24(22,23)20-14-8-5-9-21(11-14)16-10-15(17-12-18-16)19-13-6-3-2-4-7-13/h2-4,6-7,10,12,14,20H,5,8-9,11H2,1H3,(H,17,18,19). The van der Waals surface area contributed by atoms with E-state index in [9.17, 15) is 8.42 Å². The van der Waals surface area contributed by atoms with Gasteiger partial charge in [-0.1, -0.05) is 18.2 Å². The minimum absolute atomic E-state index is 0.0887. The van der Waals surface area contributed by atoms with Crippen molar-refractivity contribution in [1.82, 2.24) is 14.7 Å². The number of nitrogens with zero attached hydrogens (tertiary/aromatic N) is 3. The largest absolute Gasteiger partial charge is 0.355 e. The van der Waals surface area contributed by atoms with Crippen LogP contribution in [0.2, 0.25) is 0 Å². The van der Waals surface area contributed by atoms with Gasteiger partial charge in [0, 0.05) is 30.9 Å². The Morgan fingerprint density at radius 1 is 1.21 bits per heavy atom. The molecule has 0 aliphatic carbocycles. The molecule has 128 valence electrons. The highest BCUT2D eigenvalue weighted by Gasteiger charge is 2.23. The molecule has 0 amide bonds. The highest BCUT2D eigenvalue weighted by atomic mass is 32.2. The summed E-state index contributed by atoms with van der Waals surface area (Å²) in [4.78, 5) is 10.7. The summed E-state index contributed by atoms with van der Waals surface area (Å²) in [5, 5.41) is 3.24. The molecule has 1 fully saturated rings. The maximum absolute atomic E-state index is 11.4. The predicted molar refractivity (Wildman–Crippen MR) is 95.0 cm³/mol. The lowest BCUT2D eigenvalue weighted by Crippen LogP contribution is -2.47. The van der Waals surface area contributed by atoms with Crippen molar-refractivity contribution in [2.24, 2.45) is 0 Å². The summed E-state index contributed by atoms with van der Waals surface area (Å²) in [5.74, 6) is 1.51. The molecule has 1 aromatic heterocycles. The molecular formula is C16H21N5O2S. The van der Waals surface area contributed by atoms with E-state index in [1.54, 1.807) is 0 Å². The predicted octanol–water partition coefficient (Wildman–Crippen LogP) is 1.74. The van der Waals surface area contributed by atoms with Crippen LogP contribution in [0, 0.1) is 0 Å². The lowest BCUT2D eigenvalue weighted by Gasteiger charge is -2.33. The first-order valence-electron chi connectivity index (χ1n) is 7.86. The number of hydrogen-bond donors (Lipinski definition) is 2. The van der Waals surface area contributed by atoms with Gasteiger partial charge in [0.15, 0.2) is 0 Å². The molecule has 2 N–H and O–H groups in total. The Kier molecular flexibility index (Phi) is 4.96. The first-order chi connectivity index (χ1) is 11.5. The Balaban J connectivity index is 1.71. The van der Waals surface area contributed by atoms with Gasteiger partial charge in [-0.25, -0.2) is 23.1 Å². The summed E-state index contributed by atoms with van der Waals surface area (Å²) >= 11 is 0. The van der Waals surface area contributed by atoms with Crippen LogP contribution in [-0.4, -0.2) is 43.8 Å². The number of piperidine rings is 1. The molecule has 2 heterocycles. The second-order valence-electron chi connectivity index (χ2n) is 5.93. The van der Waals surface area contributed by atoms with Gasteiger partial charge in [-0.3, -0.25) is 0 Å². The summed E-state index contributed by atoms with van der Waals surface area (Å²) in [6, 6.07) is 11.6. The second kappa shape index (κ2) is 7.14. The van der Waals surface area contributed by atoms with E-state index in [1.165, 1.54) is 12.6 Å². The average Bonchev–Trinajstić information content (AvgIpc) is 2.55. The Morgan fingerprint density at radius 3 is 2.75 bits per heavy atom. The van der Waals surface area contributed by atoms with Gasteiger partial charge in [0.25, 0.3) is 0 Å². The first kappa shape index (κ1) is 16.7. The number of benzene rings is 1. The lowest BCUT2D eigenvalue weighted by atomic mass is 10.1. The van der Waals surface area contributed by atoms with Gasteiger partial charge in [0.1, 0.15) is 18.0 Å². The average molecular weight is 347 g/mol. The monoisotopic (exact) mass is 347 g/mol. The number of rotatable bonds is 5. The smallest absolute Gasteiger partial charge is 0.209 e. The molecule has 1 aliphatic rings. The van der Waals surface area contributed by atoms with Crippen molar-refractivity contribution >= 4 is 27.3 Å². The molecule has 0 radical (unpaired) electrons. The molecule has 2 aromatic rings. The molecular weight excluding hydrogens is 326 g/mol. The third-order valence-corrected chi connectivity index (χ3v) is 4.59. The van der Waals surface area contributed by atoms with E-state index >= 15 is 0 Å². The topological polar surface area (TPSA) is 87.2 Å². The highest BCUT2D eigenvalue weighted by Crippen LogP contribution is 2.21. The minimum Gasteiger partial charge on any atom is -0.355 e. The van der Waals surface area contributed by atoms with Gasteiger partial charge in [-0.15, -0.1) is 0 Å². The van der Waals surface area contributed by atoms with Crippen molar-refractivity contribution in [2.45, 2.75) is 18.9 Å². The Bertz CT molecular complexity index is 782. The highest BCUT2D eigenvalue weighted by molar-refractivity contribution is 7.88. The molecule has 1 aromatic carbocycles. The summed E-state index contributed by atoms with van der Waals surface area (Å²) in [5.41, 5.74) is 0.956. The fourth-order valence-corrected chi connectivity index (χ4v) is 3.64. The van der Waals surface area contributed by atoms with E-state index in [2.05, 4.69) is 24.9 Å². The zero-order chi connectivity index (χ0) is 17.0. The number of aromatic nitrogens is 2. The molecule has 1 atom stereocenters. The third-order valence-electron chi connectivity index (χ3n) is 3.82. The number of hydrogen-bond acceptors (Lipinski definition) is 6. The molecule has 7 nitrogen and oxygen atoms in total. The van der Waals surface area contributed by atoms with Gasteiger partial charge in [0.05, 0.1) is 6.26 Å². The van der Waals surface area contributed by atoms with Gasteiger partial charge in [-0.05, 0) is 25.0 Å². The molecule has 0 saturated carbocycles. The zero-order valence-corrected chi connectivity index (χ0v) is 14.3. The maximum atomic E-state index is 11.4. The fourth-order valence-electron chi connectivity index (χ4n) is 2.84. The van der Waals surface area contributed by atoms with Crippen LogP contribution in [-0.2, 0) is 10.0 Å². The second-order valence-corrected chi connectivity index (χ2v) is 7.71. The van der Waals surface area contributed by atoms with Crippen LogP contribution >= 0.6 is 0 Å². The SMILES string of the molecule is CS(=O)(=O)NC1CCCN(c2cc(Nc3ccccc3)ncn2)C1. The van der Waals surface area contributed by atoms with Crippen molar-refractivity contribution in [2.75, 3.05) is 29.6 Å². The third kappa shape index (κ3) is 4.65. The van der Waals surface area contributed by atoms with Crippen LogP contribution in [0.5, 0.6) is 0 Å². The van der Waals surface area contributed by atoms with Crippen LogP contribution in [0.1, 0.15) is 12.8 Å². The molecule has 8 heteroatoms. The van der Waals surface area contributed by atoms with E-state index in [-0.39, 0.29) is 6.04 Å². The van der Waals surface area contributed by atoms with Crippen molar-refractivity contribution < 1.29 is 8.42 Å². The fraction of sp³-hybridized carbons (Fsp3) is 0.375. The van der Waals surface area contributed by atoms with Gasteiger partial charge >= 0.3 is 0 Å². The lowest BCUT2D eigenvalue weighted by molar-refractivity contribution is 0.465. The van der Waals surface area contributed by atoms with Crippen LogP contribution in [0.4, 0.5) is 17.3 Å². The van der Waals surface area contributed by atoms with E-state index in [1.807, 2.05) is 36.4 Å². The molecule has 0 spiro atoms. The molecule has 1 unspecified atom stereocenters. The Morgan fingerprint density at radius 2 is 2.00 bits per heavy atom. The Hall–Kier alpha value is -2.19. The van der Waals surface area contributed by atoms with Crippen LogP contribution < -0.4 is 14.9 Å². The van der Waals surface area contributed by atoms with Crippen LogP contribution in [0.25, 0.3) is 0 Å². The van der Waals surface area contributed by atoms with Crippen molar-refractivity contribution in [1.29, 1.82) is 0 Å². The molecule has 1 saturated heterocycles. The first-order valence-corrected chi connectivity index (χ1v) is 9.75. The molecule has 3 rings (SSSR count). The molecule has 24 heavy (non-hydrogen) atoms. The van der Waals surface area contributed by atoms with Crippen molar-refractivity contribution in [3.63, 3.8) is 0 Å². The number of anilines is 3. The van der Waals surface area contributed by atoms with Gasteiger partial charge < -0.3 is 10.2 Å². The van der Waals surface area contributed by atoms with Gasteiger partial charge in [-0.2, -0.15) is 0 Å². The van der Waals surface area contributed by atoms with Crippen LogP contribution in [0.15, 0.2) is 42.7 Å². The molecule has 0 bridgehead atoms. The van der Waals surface area contributed by atoms with E-state index in [0.717, 1.165) is 30.9 Å². The number of nitrogens with one attached hydrogen (secondary N) is 2. The summed E-state index contributed by atoms with van der Waals surface area (Å²) in [6.45, 7) is 1.46. The van der Waals surface area contributed by atoms with E-state index in [0.29, 0.717) is 12.4 Å².